The summed E-state index contributed by atoms with van der Waals surface area (Å²) in [4.78, 5) is 29.4. The van der Waals surface area contributed by atoms with Gasteiger partial charge >= 0.3 is 0 Å². The van der Waals surface area contributed by atoms with E-state index in [2.05, 4.69) is 6.92 Å². The van der Waals surface area contributed by atoms with Gasteiger partial charge in [-0.1, -0.05) is 61.4 Å². The third-order valence-corrected chi connectivity index (χ3v) is 6.83. The Labute approximate surface area is 211 Å². The zero-order valence-electron chi connectivity index (χ0n) is 21.3. The average molecular weight is 482 g/mol. The molecule has 0 saturated heterocycles. The van der Waals surface area contributed by atoms with Crippen molar-refractivity contribution >= 4 is 16.9 Å². The first-order valence-corrected chi connectivity index (χ1v) is 12.5. The summed E-state index contributed by atoms with van der Waals surface area (Å²) in [5.74, 6) is 0.649. The second-order valence-corrected chi connectivity index (χ2v) is 9.72. The second kappa shape index (κ2) is 9.65. The Morgan fingerprint density at radius 1 is 0.917 bits per heavy atom. The maximum atomic E-state index is 13.9. The highest BCUT2D eigenvalue weighted by Gasteiger charge is 2.42. The summed E-state index contributed by atoms with van der Waals surface area (Å²) in [5, 5.41) is 0.515. The van der Waals surface area contributed by atoms with Crippen LogP contribution in [-0.2, 0) is 6.54 Å². The molecule has 0 N–H and O–H groups in total. The Balaban J connectivity index is 1.63. The van der Waals surface area contributed by atoms with Gasteiger partial charge in [-0.2, -0.15) is 0 Å². The summed E-state index contributed by atoms with van der Waals surface area (Å²) in [5.41, 5.74) is 5.57. The number of aryl methyl sites for hydroxylation is 3. The zero-order chi connectivity index (χ0) is 25.4. The molecule has 1 amide bonds. The molecule has 5 rings (SSSR count). The number of fused-ring (bicyclic) bond motifs is 2. The number of carbonyl (C=O) groups is 1. The van der Waals surface area contributed by atoms with Gasteiger partial charge in [-0.3, -0.25) is 9.59 Å². The van der Waals surface area contributed by atoms with E-state index in [0.29, 0.717) is 29.7 Å². The highest BCUT2D eigenvalue weighted by atomic mass is 16.5. The number of rotatable bonds is 7. The third-order valence-electron chi connectivity index (χ3n) is 6.83. The molecule has 1 aromatic heterocycles. The van der Waals surface area contributed by atoms with Crippen LogP contribution in [0.1, 0.15) is 69.7 Å². The van der Waals surface area contributed by atoms with Crippen molar-refractivity contribution in [1.29, 1.82) is 0 Å². The van der Waals surface area contributed by atoms with E-state index in [1.54, 1.807) is 4.90 Å². The van der Waals surface area contributed by atoms with Crippen LogP contribution in [-0.4, -0.2) is 17.4 Å². The third kappa shape index (κ3) is 4.30. The minimum Gasteiger partial charge on any atom is -0.494 e. The van der Waals surface area contributed by atoms with E-state index in [1.807, 2.05) is 81.4 Å². The van der Waals surface area contributed by atoms with Gasteiger partial charge in [0.05, 0.1) is 23.6 Å². The molecule has 0 radical (unpaired) electrons. The maximum absolute atomic E-state index is 13.9. The minimum atomic E-state index is -0.542. The van der Waals surface area contributed by atoms with Crippen LogP contribution in [0, 0.1) is 20.8 Å². The fourth-order valence-electron chi connectivity index (χ4n) is 4.96. The SMILES string of the molecule is CCCCOc1ccc(C2c3c(oc4c(C)cc(C)cc4c3=O)C(=O)N2Cc2ccc(C)cc2)cc1. The van der Waals surface area contributed by atoms with Crippen LogP contribution in [0.4, 0.5) is 0 Å². The van der Waals surface area contributed by atoms with E-state index < -0.39 is 6.04 Å². The van der Waals surface area contributed by atoms with Gasteiger partial charge in [0.2, 0.25) is 5.76 Å². The number of hydrogen-bond acceptors (Lipinski definition) is 4. The molecule has 1 unspecified atom stereocenters. The topological polar surface area (TPSA) is 59.8 Å². The van der Waals surface area contributed by atoms with E-state index in [0.717, 1.165) is 46.4 Å². The largest absolute Gasteiger partial charge is 0.494 e. The van der Waals surface area contributed by atoms with Crippen molar-refractivity contribution in [3.8, 4) is 5.75 Å². The molecule has 1 aliphatic heterocycles. The lowest BCUT2D eigenvalue weighted by molar-refractivity contribution is 0.0714. The molecule has 4 aromatic rings. The second-order valence-electron chi connectivity index (χ2n) is 9.72. The van der Waals surface area contributed by atoms with E-state index in [9.17, 15) is 9.59 Å². The first kappa shape index (κ1) is 23.9. The average Bonchev–Trinajstić information content (AvgIpc) is 3.13. The number of hydrogen-bond donors (Lipinski definition) is 0. The number of benzene rings is 3. The molecular weight excluding hydrogens is 450 g/mol. The molecule has 1 aliphatic rings. The van der Waals surface area contributed by atoms with Crippen LogP contribution in [0.5, 0.6) is 5.75 Å². The molecule has 1 atom stereocenters. The Morgan fingerprint density at radius 2 is 1.64 bits per heavy atom. The molecule has 0 aliphatic carbocycles. The van der Waals surface area contributed by atoms with Crippen LogP contribution < -0.4 is 10.2 Å². The molecule has 36 heavy (non-hydrogen) atoms. The van der Waals surface area contributed by atoms with Gasteiger partial charge in [0.15, 0.2) is 5.43 Å². The first-order chi connectivity index (χ1) is 17.4. The Kier molecular flexibility index (Phi) is 6.40. The van der Waals surface area contributed by atoms with Gasteiger partial charge in [0.25, 0.3) is 5.91 Å². The Morgan fingerprint density at radius 3 is 2.33 bits per heavy atom. The smallest absolute Gasteiger partial charge is 0.291 e. The van der Waals surface area contributed by atoms with Crippen LogP contribution >= 0.6 is 0 Å². The quantitative estimate of drug-likeness (QED) is 0.278. The van der Waals surface area contributed by atoms with Crippen LogP contribution in [0.3, 0.4) is 0 Å². The summed E-state index contributed by atoms with van der Waals surface area (Å²) in [6.07, 6.45) is 2.05. The lowest BCUT2D eigenvalue weighted by Crippen LogP contribution is -2.29. The lowest BCUT2D eigenvalue weighted by atomic mass is 9.97. The molecule has 0 fully saturated rings. The van der Waals surface area contributed by atoms with E-state index in [-0.39, 0.29) is 17.1 Å². The zero-order valence-corrected chi connectivity index (χ0v) is 21.3. The van der Waals surface area contributed by atoms with Crippen molar-refractivity contribution in [2.75, 3.05) is 6.61 Å². The summed E-state index contributed by atoms with van der Waals surface area (Å²) >= 11 is 0. The van der Waals surface area contributed by atoms with Gasteiger partial charge in [-0.05, 0) is 67.6 Å². The Bertz CT molecular complexity index is 1480. The van der Waals surface area contributed by atoms with Gasteiger partial charge in [0, 0.05) is 6.54 Å². The molecule has 5 heteroatoms. The monoisotopic (exact) mass is 481 g/mol. The molecule has 184 valence electrons. The van der Waals surface area contributed by atoms with Crippen molar-refractivity contribution < 1.29 is 13.9 Å². The molecule has 3 aromatic carbocycles. The van der Waals surface area contributed by atoms with Crippen molar-refractivity contribution in [2.24, 2.45) is 0 Å². The van der Waals surface area contributed by atoms with E-state index in [4.69, 9.17) is 9.15 Å². The predicted molar refractivity (Wildman–Crippen MR) is 142 cm³/mol. The first-order valence-electron chi connectivity index (χ1n) is 12.5. The van der Waals surface area contributed by atoms with Crippen LogP contribution in [0.15, 0.2) is 69.9 Å². The van der Waals surface area contributed by atoms with Crippen molar-refractivity contribution in [3.63, 3.8) is 0 Å². The van der Waals surface area contributed by atoms with Gasteiger partial charge in [0.1, 0.15) is 11.3 Å². The molecule has 5 nitrogen and oxygen atoms in total. The fourth-order valence-corrected chi connectivity index (χ4v) is 4.96. The summed E-state index contributed by atoms with van der Waals surface area (Å²) in [6, 6.07) is 19.1. The van der Waals surface area contributed by atoms with Crippen LogP contribution in [0.2, 0.25) is 0 Å². The summed E-state index contributed by atoms with van der Waals surface area (Å²) in [6.45, 7) is 9.06. The van der Waals surface area contributed by atoms with Crippen molar-refractivity contribution in [2.45, 2.75) is 53.1 Å². The highest BCUT2D eigenvalue weighted by Crippen LogP contribution is 2.40. The number of amides is 1. The van der Waals surface area contributed by atoms with Gasteiger partial charge in [-0.25, -0.2) is 0 Å². The normalized spacial score (nSPS) is 14.9. The standard InChI is InChI=1S/C31H31NO4/c1-5-6-15-35-24-13-11-23(12-14-24)27-26-28(33)25-17-20(3)16-21(4)29(25)36-30(26)31(34)32(27)18-22-9-7-19(2)8-10-22/h7-14,16-17,27H,5-6,15,18H2,1-4H3. The van der Waals surface area contributed by atoms with Crippen LogP contribution in [0.25, 0.3) is 11.0 Å². The number of carbonyl (C=O) groups excluding carboxylic acids is 1. The van der Waals surface area contributed by atoms with E-state index in [1.165, 1.54) is 0 Å². The molecule has 0 bridgehead atoms. The maximum Gasteiger partial charge on any atom is 0.291 e. The lowest BCUT2D eigenvalue weighted by Gasteiger charge is -2.25. The van der Waals surface area contributed by atoms with Gasteiger partial charge < -0.3 is 14.1 Å². The van der Waals surface area contributed by atoms with Crippen molar-refractivity contribution in [3.05, 3.63) is 110 Å². The summed E-state index contributed by atoms with van der Waals surface area (Å²) in [7, 11) is 0. The predicted octanol–water partition coefficient (Wildman–Crippen LogP) is 6.64. The summed E-state index contributed by atoms with van der Waals surface area (Å²) < 4.78 is 12.0. The van der Waals surface area contributed by atoms with E-state index >= 15 is 0 Å². The molecule has 0 spiro atoms. The highest BCUT2D eigenvalue weighted by molar-refractivity contribution is 5.99. The van der Waals surface area contributed by atoms with Crippen molar-refractivity contribution in [1.82, 2.24) is 4.90 Å². The fraction of sp³-hybridized carbons (Fsp3) is 0.290. The Hall–Kier alpha value is -3.86. The molecule has 0 saturated carbocycles. The molecular formula is C31H31NO4. The molecule has 2 heterocycles. The number of nitrogens with zero attached hydrogens (tertiary/aromatic N) is 1. The van der Waals surface area contributed by atoms with Gasteiger partial charge in [-0.15, -0.1) is 0 Å². The number of ether oxygens (including phenoxy) is 1. The minimum absolute atomic E-state index is 0.139. The number of unbranched alkanes of at least 4 members (excludes halogenated alkanes) is 1.